The number of benzene rings is 1. The first-order valence-electron chi connectivity index (χ1n) is 6.73. The van der Waals surface area contributed by atoms with Crippen LogP contribution < -0.4 is 5.73 Å². The normalized spacial score (nSPS) is 11.3. The van der Waals surface area contributed by atoms with Crippen molar-refractivity contribution in [2.24, 2.45) is 11.7 Å². The van der Waals surface area contributed by atoms with Gasteiger partial charge in [-0.25, -0.2) is 4.39 Å². The van der Waals surface area contributed by atoms with Gasteiger partial charge in [0.15, 0.2) is 0 Å². The van der Waals surface area contributed by atoms with Crippen LogP contribution in [0.3, 0.4) is 0 Å². The molecule has 0 spiro atoms. The lowest BCUT2D eigenvalue weighted by molar-refractivity contribution is 0.135. The van der Waals surface area contributed by atoms with Crippen molar-refractivity contribution in [1.29, 1.82) is 0 Å². The molecule has 3 nitrogen and oxygen atoms in total. The Morgan fingerprint density at radius 3 is 2.65 bits per heavy atom. The minimum atomic E-state index is -0.263. The quantitative estimate of drug-likeness (QED) is 0.749. The van der Waals surface area contributed by atoms with Crippen LogP contribution in [-0.4, -0.2) is 36.7 Å². The van der Waals surface area contributed by atoms with Crippen molar-refractivity contribution in [3.63, 3.8) is 0 Å². The number of halogens is 1. The molecule has 0 amide bonds. The lowest BCUT2D eigenvalue weighted by Crippen LogP contribution is -2.31. The molecule has 1 aromatic rings. The fraction of sp³-hybridized carbons (Fsp3) is 0.533. The highest BCUT2D eigenvalue weighted by molar-refractivity contribution is 7.80. The molecule has 112 valence electrons. The lowest BCUT2D eigenvalue weighted by Gasteiger charge is -2.24. The van der Waals surface area contributed by atoms with E-state index in [-0.39, 0.29) is 10.8 Å². The summed E-state index contributed by atoms with van der Waals surface area (Å²) in [5, 5.41) is 0. The Bertz CT molecular complexity index is 451. The van der Waals surface area contributed by atoms with E-state index in [2.05, 4.69) is 18.7 Å². The van der Waals surface area contributed by atoms with E-state index in [1.54, 1.807) is 19.2 Å². The van der Waals surface area contributed by atoms with E-state index >= 15 is 0 Å². The SMILES string of the molecule is COCCN(Cc1ccc(C(N)=S)cc1F)CC(C)C. The number of nitrogens with two attached hydrogens (primary N) is 1. The predicted octanol–water partition coefficient (Wildman–Crippen LogP) is 2.56. The highest BCUT2D eigenvalue weighted by Gasteiger charge is 2.12. The molecular formula is C15H23FN2OS. The van der Waals surface area contributed by atoms with Gasteiger partial charge in [0.25, 0.3) is 0 Å². The summed E-state index contributed by atoms with van der Waals surface area (Å²) in [6.07, 6.45) is 0. The zero-order valence-electron chi connectivity index (χ0n) is 12.4. The average molecular weight is 298 g/mol. The second-order valence-corrected chi connectivity index (χ2v) is 5.73. The van der Waals surface area contributed by atoms with Gasteiger partial charge in [0.05, 0.1) is 6.61 Å². The monoisotopic (exact) mass is 298 g/mol. The molecule has 1 aromatic carbocycles. The molecule has 0 atom stereocenters. The van der Waals surface area contributed by atoms with Gasteiger partial charge in [-0.1, -0.05) is 38.2 Å². The number of ether oxygens (including phenoxy) is 1. The van der Waals surface area contributed by atoms with Crippen LogP contribution in [0.5, 0.6) is 0 Å². The van der Waals surface area contributed by atoms with Crippen molar-refractivity contribution >= 4 is 17.2 Å². The third-order valence-electron chi connectivity index (χ3n) is 2.97. The van der Waals surface area contributed by atoms with E-state index in [1.807, 2.05) is 0 Å². The number of methoxy groups -OCH3 is 1. The lowest BCUT2D eigenvalue weighted by atomic mass is 10.1. The maximum Gasteiger partial charge on any atom is 0.128 e. The second-order valence-electron chi connectivity index (χ2n) is 5.29. The zero-order chi connectivity index (χ0) is 15.1. The minimum absolute atomic E-state index is 0.217. The van der Waals surface area contributed by atoms with Crippen molar-refractivity contribution in [2.75, 3.05) is 26.8 Å². The first kappa shape index (κ1) is 17.0. The van der Waals surface area contributed by atoms with Gasteiger partial charge in [-0.3, -0.25) is 4.90 Å². The molecule has 5 heteroatoms. The van der Waals surface area contributed by atoms with Crippen LogP contribution >= 0.6 is 12.2 Å². The van der Waals surface area contributed by atoms with Crippen LogP contribution in [0.15, 0.2) is 18.2 Å². The Morgan fingerprint density at radius 1 is 1.45 bits per heavy atom. The van der Waals surface area contributed by atoms with Gasteiger partial charge >= 0.3 is 0 Å². The van der Waals surface area contributed by atoms with E-state index < -0.39 is 0 Å². The molecule has 0 saturated heterocycles. The number of hydrogen-bond donors (Lipinski definition) is 1. The van der Waals surface area contributed by atoms with Crippen LogP contribution in [-0.2, 0) is 11.3 Å². The van der Waals surface area contributed by atoms with Crippen molar-refractivity contribution in [3.8, 4) is 0 Å². The van der Waals surface area contributed by atoms with Crippen molar-refractivity contribution < 1.29 is 9.13 Å². The smallest absolute Gasteiger partial charge is 0.128 e. The molecule has 0 unspecified atom stereocenters. The molecule has 1 rings (SSSR count). The van der Waals surface area contributed by atoms with E-state index in [1.165, 1.54) is 6.07 Å². The molecule has 0 heterocycles. The highest BCUT2D eigenvalue weighted by Crippen LogP contribution is 2.14. The van der Waals surface area contributed by atoms with Crippen molar-refractivity contribution in [3.05, 3.63) is 35.1 Å². The van der Waals surface area contributed by atoms with Gasteiger partial charge in [-0.05, 0) is 12.0 Å². The molecule has 0 fully saturated rings. The van der Waals surface area contributed by atoms with Crippen LogP contribution in [0, 0.1) is 11.7 Å². The summed E-state index contributed by atoms with van der Waals surface area (Å²) in [6.45, 7) is 7.17. The molecule has 0 aliphatic carbocycles. The van der Waals surface area contributed by atoms with E-state index in [0.29, 0.717) is 30.2 Å². The molecular weight excluding hydrogens is 275 g/mol. The molecule has 0 radical (unpaired) electrons. The van der Waals surface area contributed by atoms with E-state index in [0.717, 1.165) is 13.1 Å². The molecule has 2 N–H and O–H groups in total. The molecule has 0 aliphatic rings. The summed E-state index contributed by atoms with van der Waals surface area (Å²) in [5.74, 6) is 0.257. The molecule has 0 bridgehead atoms. The largest absolute Gasteiger partial charge is 0.389 e. The van der Waals surface area contributed by atoms with Crippen LogP contribution in [0.25, 0.3) is 0 Å². The fourth-order valence-electron chi connectivity index (χ4n) is 2.04. The fourth-order valence-corrected chi connectivity index (χ4v) is 2.17. The zero-order valence-corrected chi connectivity index (χ0v) is 13.2. The molecule has 0 aromatic heterocycles. The van der Waals surface area contributed by atoms with Gasteiger partial charge in [0.2, 0.25) is 0 Å². The summed E-state index contributed by atoms with van der Waals surface area (Å²) >= 11 is 4.85. The van der Waals surface area contributed by atoms with Crippen LogP contribution in [0.1, 0.15) is 25.0 Å². The van der Waals surface area contributed by atoms with E-state index in [9.17, 15) is 4.39 Å². The average Bonchev–Trinajstić information content (AvgIpc) is 2.37. The Kier molecular flexibility index (Phi) is 7.05. The molecule has 20 heavy (non-hydrogen) atoms. The Hall–Kier alpha value is -1.04. The highest BCUT2D eigenvalue weighted by atomic mass is 32.1. The van der Waals surface area contributed by atoms with E-state index in [4.69, 9.17) is 22.7 Å². The summed E-state index contributed by atoms with van der Waals surface area (Å²) < 4.78 is 19.2. The van der Waals surface area contributed by atoms with Gasteiger partial charge in [-0.15, -0.1) is 0 Å². The van der Waals surface area contributed by atoms with Gasteiger partial charge in [-0.2, -0.15) is 0 Å². The minimum Gasteiger partial charge on any atom is -0.389 e. The Balaban J connectivity index is 2.79. The van der Waals surface area contributed by atoms with Crippen molar-refractivity contribution in [1.82, 2.24) is 4.90 Å². The van der Waals surface area contributed by atoms with Crippen LogP contribution in [0.4, 0.5) is 4.39 Å². The predicted molar refractivity (Wildman–Crippen MR) is 84.3 cm³/mol. The topological polar surface area (TPSA) is 38.5 Å². The third kappa shape index (κ3) is 5.53. The van der Waals surface area contributed by atoms with Gasteiger partial charge < -0.3 is 10.5 Å². The van der Waals surface area contributed by atoms with Gasteiger partial charge in [0, 0.05) is 37.9 Å². The number of rotatable bonds is 8. The third-order valence-corrected chi connectivity index (χ3v) is 3.20. The van der Waals surface area contributed by atoms with Crippen molar-refractivity contribution in [2.45, 2.75) is 20.4 Å². The first-order valence-corrected chi connectivity index (χ1v) is 7.14. The second kappa shape index (κ2) is 8.29. The molecule has 0 saturated carbocycles. The maximum atomic E-state index is 14.1. The standard InChI is InChI=1S/C15H23FN2OS/c1-11(2)9-18(6-7-19-3)10-13-5-4-12(15(17)20)8-14(13)16/h4-5,8,11H,6-7,9-10H2,1-3H3,(H2,17,20). The number of hydrogen-bond acceptors (Lipinski definition) is 3. The number of thiocarbonyl (C=S) groups is 1. The number of nitrogens with zero attached hydrogens (tertiary/aromatic N) is 1. The maximum absolute atomic E-state index is 14.1. The molecule has 0 aliphatic heterocycles. The van der Waals surface area contributed by atoms with Gasteiger partial charge in [0.1, 0.15) is 10.8 Å². The Morgan fingerprint density at radius 2 is 2.15 bits per heavy atom. The Labute approximate surface area is 125 Å². The first-order chi connectivity index (χ1) is 9.43. The van der Waals surface area contributed by atoms with Crippen LogP contribution in [0.2, 0.25) is 0 Å². The summed E-state index contributed by atoms with van der Waals surface area (Å²) in [6, 6.07) is 4.93. The summed E-state index contributed by atoms with van der Waals surface area (Å²) in [5.41, 5.74) is 6.72. The summed E-state index contributed by atoms with van der Waals surface area (Å²) in [4.78, 5) is 2.40. The summed E-state index contributed by atoms with van der Waals surface area (Å²) in [7, 11) is 1.67.